The van der Waals surface area contributed by atoms with E-state index in [4.69, 9.17) is 0 Å². The number of aryl methyl sites for hydroxylation is 1. The molecule has 0 atom stereocenters. The van der Waals surface area contributed by atoms with Crippen molar-refractivity contribution in [3.05, 3.63) is 23.8 Å². The number of hydrogen-bond acceptors (Lipinski definition) is 4. The minimum absolute atomic E-state index is 0.106. The SMILES string of the molecule is Cc1ccc(N2CCCCS2(=O)=O)cc1S(=O)(=O)NCC(C)C. The van der Waals surface area contributed by atoms with Gasteiger partial charge in [-0.25, -0.2) is 21.6 Å². The molecule has 1 saturated heterocycles. The van der Waals surface area contributed by atoms with Gasteiger partial charge in [0.25, 0.3) is 0 Å². The second kappa shape index (κ2) is 6.78. The lowest BCUT2D eigenvalue weighted by molar-refractivity contribution is 0.559. The average Bonchev–Trinajstić information content (AvgIpc) is 2.45. The molecule has 130 valence electrons. The predicted molar refractivity (Wildman–Crippen MR) is 91.6 cm³/mol. The minimum atomic E-state index is -3.66. The van der Waals surface area contributed by atoms with Gasteiger partial charge in [0.15, 0.2) is 0 Å². The monoisotopic (exact) mass is 360 g/mol. The van der Waals surface area contributed by atoms with Crippen molar-refractivity contribution in [1.29, 1.82) is 0 Å². The van der Waals surface area contributed by atoms with E-state index < -0.39 is 20.0 Å². The van der Waals surface area contributed by atoms with E-state index in [0.29, 0.717) is 30.8 Å². The summed E-state index contributed by atoms with van der Waals surface area (Å²) in [5, 5.41) is 0. The molecule has 1 aromatic carbocycles. The summed E-state index contributed by atoms with van der Waals surface area (Å²) in [5.41, 5.74) is 1.01. The Balaban J connectivity index is 2.40. The fraction of sp³-hybridized carbons (Fsp3) is 0.600. The molecule has 1 heterocycles. The first-order valence-electron chi connectivity index (χ1n) is 7.74. The van der Waals surface area contributed by atoms with Crippen LogP contribution in [0, 0.1) is 12.8 Å². The molecular weight excluding hydrogens is 336 g/mol. The quantitative estimate of drug-likeness (QED) is 0.869. The number of benzene rings is 1. The van der Waals surface area contributed by atoms with Gasteiger partial charge in [-0.1, -0.05) is 19.9 Å². The van der Waals surface area contributed by atoms with E-state index in [-0.39, 0.29) is 16.6 Å². The van der Waals surface area contributed by atoms with Crippen LogP contribution in [0.1, 0.15) is 32.3 Å². The lowest BCUT2D eigenvalue weighted by Gasteiger charge is -2.28. The molecule has 1 aliphatic heterocycles. The summed E-state index contributed by atoms with van der Waals surface area (Å²) in [6, 6.07) is 4.78. The van der Waals surface area contributed by atoms with Crippen molar-refractivity contribution in [2.45, 2.75) is 38.5 Å². The Morgan fingerprint density at radius 3 is 2.57 bits per heavy atom. The van der Waals surface area contributed by atoms with Crippen molar-refractivity contribution >= 4 is 25.7 Å². The van der Waals surface area contributed by atoms with Gasteiger partial charge in [0.1, 0.15) is 0 Å². The molecule has 1 aliphatic rings. The van der Waals surface area contributed by atoms with Crippen molar-refractivity contribution in [2.75, 3.05) is 23.1 Å². The normalized spacial score (nSPS) is 18.3. The van der Waals surface area contributed by atoms with Gasteiger partial charge in [-0.15, -0.1) is 0 Å². The highest BCUT2D eigenvalue weighted by Gasteiger charge is 2.27. The Hall–Kier alpha value is -1.12. The van der Waals surface area contributed by atoms with E-state index in [2.05, 4.69) is 4.72 Å². The molecular formula is C15H24N2O4S2. The largest absolute Gasteiger partial charge is 0.270 e. The molecule has 8 heteroatoms. The van der Waals surface area contributed by atoms with E-state index in [0.717, 1.165) is 6.42 Å². The summed E-state index contributed by atoms with van der Waals surface area (Å²) in [5.74, 6) is 0.296. The standard InChI is InChI=1S/C15H24N2O4S2/c1-12(2)11-16-23(20,21)15-10-14(7-6-13(15)3)17-8-4-5-9-22(17,18)19/h6-7,10,12,16H,4-5,8-9,11H2,1-3H3. The first kappa shape index (κ1) is 18.2. The lowest BCUT2D eigenvalue weighted by atomic mass is 10.2. The van der Waals surface area contributed by atoms with Crippen LogP contribution in [0.3, 0.4) is 0 Å². The molecule has 1 fully saturated rings. The zero-order valence-electron chi connectivity index (χ0n) is 13.7. The molecule has 0 amide bonds. The topological polar surface area (TPSA) is 83.6 Å². The van der Waals surface area contributed by atoms with Crippen molar-refractivity contribution in [3.8, 4) is 0 Å². The summed E-state index contributed by atoms with van der Waals surface area (Å²) >= 11 is 0. The van der Waals surface area contributed by atoms with Crippen LogP contribution in [-0.2, 0) is 20.0 Å². The molecule has 0 spiro atoms. The zero-order valence-corrected chi connectivity index (χ0v) is 15.4. The number of hydrogen-bond donors (Lipinski definition) is 1. The number of rotatable bonds is 5. The molecule has 0 aromatic heterocycles. The second-order valence-corrected chi connectivity index (χ2v) is 10.0. The van der Waals surface area contributed by atoms with Gasteiger partial charge in [-0.05, 0) is 43.4 Å². The molecule has 0 saturated carbocycles. The molecule has 0 bridgehead atoms. The fourth-order valence-electron chi connectivity index (χ4n) is 2.47. The van der Waals surface area contributed by atoms with Crippen molar-refractivity contribution in [3.63, 3.8) is 0 Å². The Kier molecular flexibility index (Phi) is 5.37. The van der Waals surface area contributed by atoms with Crippen LogP contribution in [0.4, 0.5) is 5.69 Å². The van der Waals surface area contributed by atoms with Crippen LogP contribution in [0.15, 0.2) is 23.1 Å². The number of sulfonamides is 2. The van der Waals surface area contributed by atoms with Gasteiger partial charge in [0.05, 0.1) is 16.3 Å². The van der Waals surface area contributed by atoms with Gasteiger partial charge in [-0.2, -0.15) is 0 Å². The van der Waals surface area contributed by atoms with Gasteiger partial charge >= 0.3 is 0 Å². The first-order chi connectivity index (χ1) is 10.6. The van der Waals surface area contributed by atoms with E-state index in [1.807, 2.05) is 13.8 Å². The predicted octanol–water partition coefficient (Wildman–Crippen LogP) is 1.86. The summed E-state index contributed by atoms with van der Waals surface area (Å²) in [4.78, 5) is 0.136. The highest BCUT2D eigenvalue weighted by Crippen LogP contribution is 2.27. The van der Waals surface area contributed by atoms with Crippen molar-refractivity contribution in [2.24, 2.45) is 5.92 Å². The highest BCUT2D eigenvalue weighted by atomic mass is 32.2. The van der Waals surface area contributed by atoms with Gasteiger partial charge in [0.2, 0.25) is 20.0 Å². The van der Waals surface area contributed by atoms with E-state index in [1.165, 1.54) is 10.4 Å². The van der Waals surface area contributed by atoms with Gasteiger partial charge in [-0.3, -0.25) is 4.31 Å². The Morgan fingerprint density at radius 2 is 1.96 bits per heavy atom. The van der Waals surface area contributed by atoms with E-state index >= 15 is 0 Å². The summed E-state index contributed by atoms with van der Waals surface area (Å²) in [7, 11) is -7.02. The fourth-order valence-corrected chi connectivity index (χ4v) is 5.57. The van der Waals surface area contributed by atoms with Crippen molar-refractivity contribution < 1.29 is 16.8 Å². The molecule has 0 unspecified atom stereocenters. The molecule has 2 rings (SSSR count). The number of nitrogens with zero attached hydrogens (tertiary/aromatic N) is 1. The maximum Gasteiger partial charge on any atom is 0.240 e. The van der Waals surface area contributed by atoms with Gasteiger partial charge in [0, 0.05) is 13.1 Å². The Bertz CT molecular complexity index is 771. The molecule has 0 radical (unpaired) electrons. The van der Waals surface area contributed by atoms with Gasteiger partial charge < -0.3 is 0 Å². The van der Waals surface area contributed by atoms with Crippen LogP contribution in [0.5, 0.6) is 0 Å². The molecule has 6 nitrogen and oxygen atoms in total. The number of nitrogens with one attached hydrogen (secondary N) is 1. The minimum Gasteiger partial charge on any atom is -0.270 e. The van der Waals surface area contributed by atoms with Crippen LogP contribution in [-0.4, -0.2) is 35.7 Å². The van der Waals surface area contributed by atoms with Crippen LogP contribution in [0.25, 0.3) is 0 Å². The second-order valence-electron chi connectivity index (χ2n) is 6.29. The van der Waals surface area contributed by atoms with E-state index in [1.54, 1.807) is 19.1 Å². The smallest absolute Gasteiger partial charge is 0.240 e. The summed E-state index contributed by atoms with van der Waals surface area (Å²) < 4.78 is 53.2. The third kappa shape index (κ3) is 4.24. The summed E-state index contributed by atoms with van der Waals surface area (Å²) in [6.07, 6.45) is 1.42. The lowest BCUT2D eigenvalue weighted by Crippen LogP contribution is -2.38. The van der Waals surface area contributed by atoms with Crippen LogP contribution < -0.4 is 9.03 Å². The molecule has 1 N–H and O–H groups in total. The average molecular weight is 361 g/mol. The van der Waals surface area contributed by atoms with E-state index in [9.17, 15) is 16.8 Å². The maximum atomic E-state index is 12.5. The third-order valence-corrected chi connectivity index (χ3v) is 7.22. The molecule has 1 aromatic rings. The third-order valence-electron chi connectivity index (χ3n) is 3.78. The molecule has 0 aliphatic carbocycles. The maximum absolute atomic E-state index is 12.5. The summed E-state index contributed by atoms with van der Waals surface area (Å²) in [6.45, 7) is 6.29. The zero-order chi connectivity index (χ0) is 17.3. The van der Waals surface area contributed by atoms with Crippen molar-refractivity contribution in [1.82, 2.24) is 4.72 Å². The number of anilines is 1. The first-order valence-corrected chi connectivity index (χ1v) is 10.8. The Morgan fingerprint density at radius 1 is 1.26 bits per heavy atom. The molecule has 23 heavy (non-hydrogen) atoms. The van der Waals surface area contributed by atoms with Crippen LogP contribution in [0.2, 0.25) is 0 Å². The Labute approximate surface area is 139 Å². The van der Waals surface area contributed by atoms with Crippen LogP contribution >= 0.6 is 0 Å². The highest BCUT2D eigenvalue weighted by molar-refractivity contribution is 7.92.